The third-order valence-electron chi connectivity index (χ3n) is 4.31. The molecular weight excluding hydrogens is 315 g/mol. The molecule has 0 spiro atoms. The number of halogens is 1. The number of nitrogens with one attached hydrogen (secondary N) is 1. The van der Waals surface area contributed by atoms with E-state index in [1.54, 1.807) is 12.1 Å². The number of fused-ring (bicyclic) bond motifs is 1. The van der Waals surface area contributed by atoms with Gasteiger partial charge in [0.05, 0.1) is 0 Å². The minimum Gasteiger partial charge on any atom is -0.326 e. The Morgan fingerprint density at radius 1 is 1.04 bits per heavy atom. The lowest BCUT2D eigenvalue weighted by Crippen LogP contribution is -2.25. The van der Waals surface area contributed by atoms with Crippen LogP contribution in [0.15, 0.2) is 54.6 Å². The number of hydrogen-bond donors (Lipinski definition) is 1. The molecule has 0 saturated carbocycles. The van der Waals surface area contributed by atoms with Gasteiger partial charge in [0.1, 0.15) is 11.6 Å². The smallest absolute Gasteiger partial charge is 0.229 e. The van der Waals surface area contributed by atoms with Crippen LogP contribution >= 0.6 is 0 Å². The molecular formula is C20H19FN4. The van der Waals surface area contributed by atoms with Crippen molar-refractivity contribution >= 4 is 23.1 Å². The molecule has 0 amide bonds. The van der Waals surface area contributed by atoms with Gasteiger partial charge in [-0.2, -0.15) is 4.98 Å². The zero-order valence-electron chi connectivity index (χ0n) is 14.0. The van der Waals surface area contributed by atoms with Crippen molar-refractivity contribution in [2.75, 3.05) is 16.8 Å². The number of rotatable bonds is 3. The first-order valence-electron chi connectivity index (χ1n) is 8.43. The molecule has 1 aliphatic heterocycles. The summed E-state index contributed by atoms with van der Waals surface area (Å²) in [5, 5.41) is 3.10. The molecule has 0 radical (unpaired) electrons. The minimum atomic E-state index is -0.289. The fourth-order valence-electron chi connectivity index (χ4n) is 3.21. The van der Waals surface area contributed by atoms with Gasteiger partial charge in [-0.1, -0.05) is 24.3 Å². The first-order valence-corrected chi connectivity index (χ1v) is 8.43. The second-order valence-corrected chi connectivity index (χ2v) is 6.21. The molecule has 0 atom stereocenters. The third-order valence-corrected chi connectivity index (χ3v) is 4.31. The second kappa shape index (κ2) is 6.51. The summed E-state index contributed by atoms with van der Waals surface area (Å²) >= 11 is 0. The van der Waals surface area contributed by atoms with Crippen LogP contribution in [0.2, 0.25) is 0 Å². The molecule has 1 N–H and O–H groups in total. The van der Waals surface area contributed by atoms with Gasteiger partial charge in [-0.15, -0.1) is 0 Å². The van der Waals surface area contributed by atoms with Crippen LogP contribution in [0.3, 0.4) is 0 Å². The first-order chi connectivity index (χ1) is 12.2. The van der Waals surface area contributed by atoms with E-state index in [1.807, 2.05) is 13.0 Å². The third kappa shape index (κ3) is 3.31. The molecule has 5 heteroatoms. The van der Waals surface area contributed by atoms with Crippen LogP contribution in [0.4, 0.5) is 27.5 Å². The summed E-state index contributed by atoms with van der Waals surface area (Å²) in [4.78, 5) is 11.3. The summed E-state index contributed by atoms with van der Waals surface area (Å²) < 4.78 is 13.4. The molecule has 0 bridgehead atoms. The van der Waals surface area contributed by atoms with E-state index in [4.69, 9.17) is 0 Å². The van der Waals surface area contributed by atoms with Crippen molar-refractivity contribution in [3.05, 3.63) is 71.7 Å². The summed E-state index contributed by atoms with van der Waals surface area (Å²) in [7, 11) is 0. The van der Waals surface area contributed by atoms with Crippen LogP contribution in [0, 0.1) is 12.7 Å². The Morgan fingerprint density at radius 2 is 1.92 bits per heavy atom. The summed E-state index contributed by atoms with van der Waals surface area (Å²) in [6.07, 6.45) is 2.18. The van der Waals surface area contributed by atoms with Crippen molar-refractivity contribution in [2.24, 2.45) is 0 Å². The van der Waals surface area contributed by atoms with E-state index in [0.29, 0.717) is 11.6 Å². The standard InChI is InChI=1S/C20H19FN4/c1-14-12-19(25-11-5-7-15-6-2-3-10-18(15)25)24-20(22-14)23-17-9-4-8-16(21)13-17/h2-4,6,8-10,12-13H,5,7,11H2,1H3,(H,22,23,24). The van der Waals surface area contributed by atoms with Gasteiger partial charge in [-0.05, 0) is 49.6 Å². The lowest BCUT2D eigenvalue weighted by molar-refractivity contribution is 0.628. The molecule has 1 aliphatic rings. The summed E-state index contributed by atoms with van der Waals surface area (Å²) in [5.74, 6) is 1.05. The van der Waals surface area contributed by atoms with Crippen LogP contribution in [-0.2, 0) is 6.42 Å². The van der Waals surface area contributed by atoms with Crippen molar-refractivity contribution in [1.82, 2.24) is 9.97 Å². The number of anilines is 4. The highest BCUT2D eigenvalue weighted by molar-refractivity contribution is 5.67. The van der Waals surface area contributed by atoms with E-state index in [0.717, 1.165) is 30.9 Å². The predicted octanol–water partition coefficient (Wildman–Crippen LogP) is 4.75. The van der Waals surface area contributed by atoms with Gasteiger partial charge in [0.2, 0.25) is 5.95 Å². The average Bonchev–Trinajstić information content (AvgIpc) is 2.61. The maximum absolute atomic E-state index is 13.4. The van der Waals surface area contributed by atoms with Crippen LogP contribution in [-0.4, -0.2) is 16.5 Å². The highest BCUT2D eigenvalue weighted by Gasteiger charge is 2.19. The van der Waals surface area contributed by atoms with E-state index in [2.05, 4.69) is 44.5 Å². The molecule has 4 nitrogen and oxygen atoms in total. The first kappa shape index (κ1) is 15.6. The number of aryl methyl sites for hydroxylation is 2. The Morgan fingerprint density at radius 3 is 2.80 bits per heavy atom. The van der Waals surface area contributed by atoms with Gasteiger partial charge in [0.15, 0.2) is 0 Å². The monoisotopic (exact) mass is 334 g/mol. The summed E-state index contributed by atoms with van der Waals surface area (Å²) in [6.45, 7) is 2.87. The van der Waals surface area contributed by atoms with Gasteiger partial charge in [0.25, 0.3) is 0 Å². The second-order valence-electron chi connectivity index (χ2n) is 6.21. The fourth-order valence-corrected chi connectivity index (χ4v) is 3.21. The predicted molar refractivity (Wildman–Crippen MR) is 98.2 cm³/mol. The molecule has 0 fully saturated rings. The van der Waals surface area contributed by atoms with E-state index in [1.165, 1.54) is 23.4 Å². The summed E-state index contributed by atoms with van der Waals surface area (Å²) in [6, 6.07) is 16.7. The van der Waals surface area contributed by atoms with Crippen molar-refractivity contribution in [3.8, 4) is 0 Å². The average molecular weight is 334 g/mol. The van der Waals surface area contributed by atoms with Gasteiger partial charge >= 0.3 is 0 Å². The Bertz CT molecular complexity index is 910. The number of hydrogen-bond acceptors (Lipinski definition) is 4. The van der Waals surface area contributed by atoms with Gasteiger partial charge in [0, 0.05) is 29.7 Å². The maximum Gasteiger partial charge on any atom is 0.229 e. The Balaban J connectivity index is 1.69. The number of aromatic nitrogens is 2. The number of para-hydroxylation sites is 1. The molecule has 0 unspecified atom stereocenters. The minimum absolute atomic E-state index is 0.289. The maximum atomic E-state index is 13.4. The van der Waals surface area contributed by atoms with Gasteiger partial charge < -0.3 is 10.2 Å². The zero-order valence-corrected chi connectivity index (χ0v) is 14.0. The SMILES string of the molecule is Cc1cc(N2CCCc3ccccc32)nc(Nc2cccc(F)c2)n1. The normalized spacial score (nSPS) is 13.4. The molecule has 2 heterocycles. The molecule has 126 valence electrons. The highest BCUT2D eigenvalue weighted by atomic mass is 19.1. The molecule has 0 aliphatic carbocycles. The van der Waals surface area contributed by atoms with Crippen LogP contribution < -0.4 is 10.2 Å². The topological polar surface area (TPSA) is 41.1 Å². The largest absolute Gasteiger partial charge is 0.326 e. The molecule has 25 heavy (non-hydrogen) atoms. The van der Waals surface area contributed by atoms with E-state index in [-0.39, 0.29) is 5.82 Å². The van der Waals surface area contributed by atoms with Gasteiger partial charge in [-0.25, -0.2) is 9.37 Å². The van der Waals surface area contributed by atoms with Crippen molar-refractivity contribution < 1.29 is 4.39 Å². The van der Waals surface area contributed by atoms with Crippen LogP contribution in [0.5, 0.6) is 0 Å². The van der Waals surface area contributed by atoms with Crippen molar-refractivity contribution in [3.63, 3.8) is 0 Å². The lowest BCUT2D eigenvalue weighted by atomic mass is 10.0. The number of nitrogens with zero attached hydrogens (tertiary/aromatic N) is 3. The van der Waals surface area contributed by atoms with E-state index in [9.17, 15) is 4.39 Å². The van der Waals surface area contributed by atoms with Gasteiger partial charge in [-0.3, -0.25) is 0 Å². The molecule has 3 aromatic rings. The molecule has 4 rings (SSSR count). The van der Waals surface area contributed by atoms with Crippen LogP contribution in [0.1, 0.15) is 17.7 Å². The molecule has 1 aromatic heterocycles. The Kier molecular flexibility index (Phi) is 4.06. The lowest BCUT2D eigenvalue weighted by Gasteiger charge is -2.30. The molecule has 2 aromatic carbocycles. The number of benzene rings is 2. The van der Waals surface area contributed by atoms with Crippen molar-refractivity contribution in [1.29, 1.82) is 0 Å². The van der Waals surface area contributed by atoms with Crippen molar-refractivity contribution in [2.45, 2.75) is 19.8 Å². The highest BCUT2D eigenvalue weighted by Crippen LogP contribution is 2.33. The zero-order chi connectivity index (χ0) is 17.2. The fraction of sp³-hybridized carbons (Fsp3) is 0.200. The summed E-state index contributed by atoms with van der Waals surface area (Å²) in [5.41, 5.74) is 4.04. The van der Waals surface area contributed by atoms with E-state index >= 15 is 0 Å². The van der Waals surface area contributed by atoms with E-state index < -0.39 is 0 Å². The quantitative estimate of drug-likeness (QED) is 0.750. The Hall–Kier alpha value is -2.95. The molecule has 0 saturated heterocycles. The van der Waals surface area contributed by atoms with Crippen LogP contribution in [0.25, 0.3) is 0 Å². The Labute approximate surface area is 146 Å².